The van der Waals surface area contributed by atoms with Gasteiger partial charge in [0.05, 0.1) is 21.4 Å². The maximum absolute atomic E-state index is 12.0. The highest BCUT2D eigenvalue weighted by atomic mass is 127. The minimum absolute atomic E-state index is 0.0553. The summed E-state index contributed by atoms with van der Waals surface area (Å²) in [7, 11) is -5.08. The lowest BCUT2D eigenvalue weighted by atomic mass is 10.1. The number of halogens is 1. The highest BCUT2D eigenvalue weighted by Crippen LogP contribution is 2.38. The molecular formula is C13H11IN2O8S. The highest BCUT2D eigenvalue weighted by Gasteiger charge is 2.38. The molecule has 1 aliphatic heterocycles. The maximum Gasteiger partial charge on any atom is 0.337 e. The highest BCUT2D eigenvalue weighted by molar-refractivity contribution is 14.1. The van der Waals surface area contributed by atoms with Crippen LogP contribution in [0.15, 0.2) is 17.0 Å². The van der Waals surface area contributed by atoms with Crippen LogP contribution in [-0.4, -0.2) is 46.2 Å². The van der Waals surface area contributed by atoms with E-state index in [1.807, 2.05) is 0 Å². The standard InChI is InChI=1S/C13H11IN2O8S/c14-5-8(17)15-7-2-1-6(13(20)21)11(12(7)25(22,23)24)16-9(18)3-4-10(16)19/h1-2H,3-5H2,(H,15,17)(H,20,21)(H,22,23,24). The third kappa shape index (κ3) is 3.80. The van der Waals surface area contributed by atoms with Crippen LogP contribution in [0.2, 0.25) is 0 Å². The number of carbonyl (C=O) groups is 4. The van der Waals surface area contributed by atoms with Crippen LogP contribution in [0.25, 0.3) is 0 Å². The number of hydrogen-bond acceptors (Lipinski definition) is 6. The number of carboxylic acids is 1. The van der Waals surface area contributed by atoms with E-state index in [0.29, 0.717) is 4.90 Å². The molecule has 0 atom stereocenters. The van der Waals surface area contributed by atoms with E-state index in [1.165, 1.54) is 0 Å². The predicted octanol–water partition coefficient (Wildman–Crippen LogP) is 0.658. The molecule has 12 heteroatoms. The van der Waals surface area contributed by atoms with Gasteiger partial charge in [-0.05, 0) is 12.1 Å². The monoisotopic (exact) mass is 482 g/mol. The van der Waals surface area contributed by atoms with Crippen molar-refractivity contribution in [1.29, 1.82) is 0 Å². The van der Waals surface area contributed by atoms with Gasteiger partial charge in [-0.15, -0.1) is 0 Å². The molecule has 1 aromatic carbocycles. The number of rotatable bonds is 5. The van der Waals surface area contributed by atoms with E-state index in [1.54, 1.807) is 22.6 Å². The van der Waals surface area contributed by atoms with Crippen molar-refractivity contribution in [3.63, 3.8) is 0 Å². The van der Waals surface area contributed by atoms with Crippen LogP contribution in [0.4, 0.5) is 11.4 Å². The van der Waals surface area contributed by atoms with E-state index >= 15 is 0 Å². The summed E-state index contributed by atoms with van der Waals surface area (Å²) < 4.78 is 33.2. The van der Waals surface area contributed by atoms with Gasteiger partial charge < -0.3 is 10.4 Å². The summed E-state index contributed by atoms with van der Waals surface area (Å²) in [6.07, 6.45) is -0.458. The number of hydrogen-bond donors (Lipinski definition) is 3. The lowest BCUT2D eigenvalue weighted by Crippen LogP contribution is -2.32. The average Bonchev–Trinajstić information content (AvgIpc) is 2.84. The van der Waals surface area contributed by atoms with Gasteiger partial charge in [-0.3, -0.25) is 18.9 Å². The van der Waals surface area contributed by atoms with Crippen molar-refractivity contribution in [3.05, 3.63) is 17.7 Å². The van der Waals surface area contributed by atoms with Crippen LogP contribution in [0, 0.1) is 0 Å². The molecule has 1 aliphatic rings. The van der Waals surface area contributed by atoms with Gasteiger partial charge in [-0.2, -0.15) is 8.42 Å². The molecule has 0 aromatic heterocycles. The first-order valence-electron chi connectivity index (χ1n) is 6.67. The minimum Gasteiger partial charge on any atom is -0.478 e. The second kappa shape index (κ2) is 7.05. The van der Waals surface area contributed by atoms with Gasteiger partial charge >= 0.3 is 5.97 Å². The third-order valence-electron chi connectivity index (χ3n) is 3.29. The lowest BCUT2D eigenvalue weighted by Gasteiger charge is -2.21. The van der Waals surface area contributed by atoms with Crippen molar-refractivity contribution >= 4 is 67.8 Å². The Morgan fingerprint density at radius 2 is 1.76 bits per heavy atom. The van der Waals surface area contributed by atoms with E-state index in [0.717, 1.165) is 12.1 Å². The van der Waals surface area contributed by atoms with Gasteiger partial charge in [0.1, 0.15) is 4.90 Å². The Bertz CT molecular complexity index is 880. The van der Waals surface area contributed by atoms with Crippen LogP contribution in [0.3, 0.4) is 0 Å². The van der Waals surface area contributed by atoms with Crippen molar-refractivity contribution in [2.75, 3.05) is 14.6 Å². The van der Waals surface area contributed by atoms with Crippen molar-refractivity contribution in [2.24, 2.45) is 0 Å². The van der Waals surface area contributed by atoms with E-state index in [-0.39, 0.29) is 17.3 Å². The van der Waals surface area contributed by atoms with Gasteiger partial charge in [-0.25, -0.2) is 9.69 Å². The summed E-state index contributed by atoms with van der Waals surface area (Å²) in [4.78, 5) is 46.4. The summed E-state index contributed by atoms with van der Waals surface area (Å²) in [5.41, 5.74) is -1.89. The van der Waals surface area contributed by atoms with Crippen molar-refractivity contribution in [2.45, 2.75) is 17.7 Å². The summed E-state index contributed by atoms with van der Waals surface area (Å²) in [6, 6.07) is 1.90. The molecule has 10 nitrogen and oxygen atoms in total. The second-order valence-electron chi connectivity index (χ2n) is 4.92. The third-order valence-corrected chi connectivity index (χ3v) is 4.91. The molecule has 0 aliphatic carbocycles. The van der Waals surface area contributed by atoms with Crippen LogP contribution in [-0.2, 0) is 24.5 Å². The zero-order valence-corrected chi connectivity index (χ0v) is 15.3. The van der Waals surface area contributed by atoms with E-state index in [9.17, 15) is 37.3 Å². The molecular weight excluding hydrogens is 471 g/mol. The molecule has 1 heterocycles. The number of anilines is 2. The Balaban J connectivity index is 2.87. The zero-order valence-electron chi connectivity index (χ0n) is 12.4. The first-order chi connectivity index (χ1) is 11.6. The summed E-state index contributed by atoms with van der Waals surface area (Å²) in [6.45, 7) is 0. The number of amides is 3. The topological polar surface area (TPSA) is 158 Å². The van der Waals surface area contributed by atoms with E-state index in [2.05, 4.69) is 5.32 Å². The van der Waals surface area contributed by atoms with Crippen LogP contribution in [0.1, 0.15) is 23.2 Å². The molecule has 1 aromatic rings. The predicted molar refractivity (Wildman–Crippen MR) is 92.5 cm³/mol. The van der Waals surface area contributed by atoms with Crippen molar-refractivity contribution in [3.8, 4) is 0 Å². The van der Waals surface area contributed by atoms with E-state index in [4.69, 9.17) is 0 Å². The minimum atomic E-state index is -5.08. The molecule has 25 heavy (non-hydrogen) atoms. The molecule has 3 amide bonds. The number of nitrogens with zero attached hydrogens (tertiary/aromatic N) is 1. The molecule has 0 radical (unpaired) electrons. The summed E-state index contributed by atoms with van der Waals surface area (Å²) in [5.74, 6) is -3.86. The lowest BCUT2D eigenvalue weighted by molar-refractivity contribution is -0.121. The van der Waals surface area contributed by atoms with Gasteiger partial charge in [-0.1, -0.05) is 22.6 Å². The average molecular weight is 482 g/mol. The van der Waals surface area contributed by atoms with Crippen LogP contribution in [0.5, 0.6) is 0 Å². The number of imide groups is 1. The van der Waals surface area contributed by atoms with Crippen LogP contribution < -0.4 is 10.2 Å². The van der Waals surface area contributed by atoms with Gasteiger partial charge in [0.15, 0.2) is 0 Å². The van der Waals surface area contributed by atoms with Crippen molar-refractivity contribution < 1.29 is 37.3 Å². The molecule has 1 fully saturated rings. The Morgan fingerprint density at radius 3 is 2.20 bits per heavy atom. The largest absolute Gasteiger partial charge is 0.478 e. The molecule has 0 bridgehead atoms. The van der Waals surface area contributed by atoms with E-state index < -0.39 is 55.6 Å². The fourth-order valence-corrected chi connectivity index (χ4v) is 3.37. The SMILES string of the molecule is O=C(CI)Nc1ccc(C(=O)O)c(N2C(=O)CCC2=O)c1S(=O)(=O)O. The molecule has 0 unspecified atom stereocenters. The first kappa shape index (κ1) is 19.3. The Morgan fingerprint density at radius 1 is 1.20 bits per heavy atom. The number of aromatic carboxylic acids is 1. The summed E-state index contributed by atoms with van der Waals surface area (Å²) in [5, 5.41) is 11.5. The first-order valence-corrected chi connectivity index (χ1v) is 9.64. The quantitative estimate of drug-likeness (QED) is 0.239. The smallest absolute Gasteiger partial charge is 0.337 e. The molecule has 0 saturated carbocycles. The molecule has 0 spiro atoms. The number of carboxylic acid groups (broad SMARTS) is 1. The van der Waals surface area contributed by atoms with Gasteiger partial charge in [0.2, 0.25) is 17.7 Å². The Labute approximate surface area is 155 Å². The Hall–Kier alpha value is -2.06. The fourth-order valence-electron chi connectivity index (χ4n) is 2.33. The number of nitrogens with one attached hydrogen (secondary N) is 1. The van der Waals surface area contributed by atoms with Gasteiger partial charge in [0, 0.05) is 12.8 Å². The Kier molecular flexibility index (Phi) is 5.43. The maximum atomic E-state index is 12.0. The van der Waals surface area contributed by atoms with Gasteiger partial charge in [0.25, 0.3) is 10.1 Å². The van der Waals surface area contributed by atoms with Crippen molar-refractivity contribution in [1.82, 2.24) is 0 Å². The summed E-state index contributed by atoms with van der Waals surface area (Å²) >= 11 is 1.71. The molecule has 1 saturated heterocycles. The second-order valence-corrected chi connectivity index (χ2v) is 7.04. The normalized spacial score (nSPS) is 14.7. The molecule has 3 N–H and O–H groups in total. The fraction of sp³-hybridized carbons (Fsp3) is 0.231. The number of benzene rings is 1. The van der Waals surface area contributed by atoms with Crippen LogP contribution >= 0.6 is 22.6 Å². The number of carbonyl (C=O) groups excluding carboxylic acids is 3. The number of alkyl halides is 1. The zero-order chi connectivity index (χ0) is 18.9. The molecule has 2 rings (SSSR count). The molecule has 134 valence electrons.